The van der Waals surface area contributed by atoms with E-state index in [0.29, 0.717) is 26.2 Å². The van der Waals surface area contributed by atoms with Crippen LogP contribution in [0.25, 0.3) is 0 Å². The van der Waals surface area contributed by atoms with Crippen molar-refractivity contribution in [3.8, 4) is 11.5 Å². The highest BCUT2D eigenvalue weighted by atomic mass is 35.5. The average molecular weight is 422 g/mol. The zero-order valence-electron chi connectivity index (χ0n) is 13.8. The summed E-state index contributed by atoms with van der Waals surface area (Å²) in [4.78, 5) is 11.9. The lowest BCUT2D eigenvalue weighted by Crippen LogP contribution is -2.46. The molecule has 0 bridgehead atoms. The van der Waals surface area contributed by atoms with Crippen LogP contribution in [0.5, 0.6) is 11.5 Å². The van der Waals surface area contributed by atoms with Gasteiger partial charge in [-0.1, -0.05) is 0 Å². The van der Waals surface area contributed by atoms with Gasteiger partial charge in [0.05, 0.1) is 18.5 Å². The Hall–Kier alpha value is -1.49. The smallest absolute Gasteiger partial charge is 0.390 e. The van der Waals surface area contributed by atoms with Crippen LogP contribution in [-0.4, -0.2) is 54.4 Å². The molecule has 1 fully saturated rings. The van der Waals surface area contributed by atoms with Crippen LogP contribution < -0.4 is 10.1 Å². The minimum Gasteiger partial charge on any atom is -0.500 e. The second-order valence-electron chi connectivity index (χ2n) is 5.47. The summed E-state index contributed by atoms with van der Waals surface area (Å²) in [5, 5.41) is 23.9. The molecule has 0 radical (unpaired) electrons. The minimum atomic E-state index is -4.44. The second kappa shape index (κ2) is 10.0. The Kier molecular flexibility index (Phi) is 9.43. The Morgan fingerprint density at radius 1 is 1.35 bits per heavy atom. The van der Waals surface area contributed by atoms with Crippen LogP contribution in [0.3, 0.4) is 0 Å². The average Bonchev–Trinajstić information content (AvgIpc) is 2.52. The number of rotatable bonds is 5. The lowest BCUT2D eigenvalue weighted by atomic mass is 9.99. The third kappa shape index (κ3) is 6.04. The van der Waals surface area contributed by atoms with E-state index in [1.54, 1.807) is 4.90 Å². The van der Waals surface area contributed by atoms with Gasteiger partial charge in [-0.15, -0.1) is 24.8 Å². The minimum absolute atomic E-state index is 0. The number of nitro benzene ring substituents is 1. The van der Waals surface area contributed by atoms with Crippen molar-refractivity contribution >= 4 is 30.5 Å². The molecule has 1 atom stereocenters. The lowest BCUT2D eigenvalue weighted by molar-refractivity contribution is -0.386. The normalized spacial score (nSPS) is 16.2. The molecule has 0 unspecified atom stereocenters. The van der Waals surface area contributed by atoms with Crippen LogP contribution in [0.2, 0.25) is 0 Å². The van der Waals surface area contributed by atoms with Crippen molar-refractivity contribution in [1.29, 1.82) is 0 Å². The van der Waals surface area contributed by atoms with Gasteiger partial charge in [0, 0.05) is 38.3 Å². The molecule has 7 nitrogen and oxygen atoms in total. The summed E-state index contributed by atoms with van der Waals surface area (Å²) in [5.41, 5.74) is -0.581. The number of hydrogen-bond donors (Lipinski definition) is 2. The van der Waals surface area contributed by atoms with Gasteiger partial charge in [-0.3, -0.25) is 15.0 Å². The molecule has 1 aliphatic rings. The highest BCUT2D eigenvalue weighted by Crippen LogP contribution is 2.42. The van der Waals surface area contributed by atoms with E-state index in [1.165, 1.54) is 13.2 Å². The fourth-order valence-corrected chi connectivity index (χ4v) is 2.77. The number of ether oxygens (including phenoxy) is 1. The van der Waals surface area contributed by atoms with E-state index in [2.05, 4.69) is 5.32 Å². The topological polar surface area (TPSA) is 87.9 Å². The van der Waals surface area contributed by atoms with Crippen molar-refractivity contribution in [2.45, 2.75) is 18.6 Å². The highest BCUT2D eigenvalue weighted by Gasteiger charge is 2.37. The molecular formula is C14H20Cl2F3N3O4. The summed E-state index contributed by atoms with van der Waals surface area (Å²) >= 11 is 0. The molecular weight excluding hydrogens is 402 g/mol. The van der Waals surface area contributed by atoms with Gasteiger partial charge >= 0.3 is 11.9 Å². The van der Waals surface area contributed by atoms with Crippen LogP contribution in [0, 0.1) is 10.1 Å². The van der Waals surface area contributed by atoms with Crippen LogP contribution in [0.15, 0.2) is 12.1 Å². The van der Waals surface area contributed by atoms with Crippen LogP contribution in [-0.2, 0) is 0 Å². The van der Waals surface area contributed by atoms with Crippen molar-refractivity contribution in [1.82, 2.24) is 10.2 Å². The van der Waals surface area contributed by atoms with Gasteiger partial charge in [0.15, 0.2) is 5.75 Å². The number of piperazine rings is 1. The number of benzene rings is 1. The molecule has 1 heterocycles. The number of halogens is 5. The summed E-state index contributed by atoms with van der Waals surface area (Å²) in [6.45, 7) is 1.84. The number of hydrogen-bond acceptors (Lipinski definition) is 6. The Labute approximate surface area is 160 Å². The summed E-state index contributed by atoms with van der Waals surface area (Å²) in [5.74, 6) is -0.918. The third-order valence-electron chi connectivity index (χ3n) is 3.90. The number of phenols is 1. The van der Waals surface area contributed by atoms with Crippen LogP contribution in [0.1, 0.15) is 18.0 Å². The quantitative estimate of drug-likeness (QED) is 0.561. The first-order chi connectivity index (χ1) is 11.2. The molecule has 26 heavy (non-hydrogen) atoms. The largest absolute Gasteiger partial charge is 0.500 e. The van der Waals surface area contributed by atoms with Gasteiger partial charge in [0.2, 0.25) is 5.75 Å². The molecule has 0 amide bonds. The molecule has 12 heteroatoms. The zero-order chi connectivity index (χ0) is 17.9. The first kappa shape index (κ1) is 24.5. The fourth-order valence-electron chi connectivity index (χ4n) is 2.77. The number of nitro groups is 1. The fraction of sp³-hybridized carbons (Fsp3) is 0.571. The van der Waals surface area contributed by atoms with Crippen LogP contribution >= 0.6 is 24.8 Å². The van der Waals surface area contributed by atoms with Crippen molar-refractivity contribution in [2.75, 3.05) is 33.3 Å². The molecule has 2 rings (SSSR count). The van der Waals surface area contributed by atoms with E-state index < -0.39 is 35.0 Å². The highest BCUT2D eigenvalue weighted by molar-refractivity contribution is 5.85. The van der Waals surface area contributed by atoms with Crippen molar-refractivity contribution in [3.05, 3.63) is 27.8 Å². The van der Waals surface area contributed by atoms with Crippen molar-refractivity contribution in [2.24, 2.45) is 0 Å². The summed E-state index contributed by atoms with van der Waals surface area (Å²) in [7, 11) is 1.19. The van der Waals surface area contributed by atoms with Crippen molar-refractivity contribution in [3.63, 3.8) is 0 Å². The summed E-state index contributed by atoms with van der Waals surface area (Å²) in [6, 6.07) is 1.12. The maximum absolute atomic E-state index is 13.0. The van der Waals surface area contributed by atoms with E-state index in [4.69, 9.17) is 4.74 Å². The molecule has 0 saturated carbocycles. The maximum atomic E-state index is 13.0. The zero-order valence-corrected chi connectivity index (χ0v) is 15.4. The Bertz CT molecular complexity index is 614. The summed E-state index contributed by atoms with van der Waals surface area (Å²) < 4.78 is 43.9. The Balaban J connectivity index is 0.00000312. The monoisotopic (exact) mass is 421 g/mol. The third-order valence-corrected chi connectivity index (χ3v) is 3.90. The molecule has 1 aliphatic heterocycles. The van der Waals surface area contributed by atoms with E-state index in [1.807, 2.05) is 0 Å². The summed E-state index contributed by atoms with van der Waals surface area (Å²) in [6.07, 6.45) is -5.58. The maximum Gasteiger partial charge on any atom is 0.390 e. The Morgan fingerprint density at radius 2 is 1.92 bits per heavy atom. The number of methoxy groups -OCH3 is 1. The lowest BCUT2D eigenvalue weighted by Gasteiger charge is -2.35. The van der Waals surface area contributed by atoms with Gasteiger partial charge in [0.25, 0.3) is 0 Å². The van der Waals surface area contributed by atoms with Crippen LogP contribution in [0.4, 0.5) is 18.9 Å². The van der Waals surface area contributed by atoms with Crippen molar-refractivity contribution < 1.29 is 27.9 Å². The molecule has 2 N–H and O–H groups in total. The van der Waals surface area contributed by atoms with Gasteiger partial charge in [0.1, 0.15) is 0 Å². The molecule has 1 aromatic rings. The molecule has 1 aromatic carbocycles. The van der Waals surface area contributed by atoms with Gasteiger partial charge in [-0.2, -0.15) is 13.2 Å². The van der Waals surface area contributed by atoms with E-state index in [9.17, 15) is 28.4 Å². The van der Waals surface area contributed by atoms with E-state index >= 15 is 0 Å². The first-order valence-corrected chi connectivity index (χ1v) is 7.29. The Morgan fingerprint density at radius 3 is 2.38 bits per heavy atom. The van der Waals surface area contributed by atoms with E-state index in [-0.39, 0.29) is 36.1 Å². The molecule has 0 aliphatic carbocycles. The standard InChI is InChI=1S/C14H18F3N3O4.2ClH/c1-24-12-7-9(6-10(13(12)21)20(22)23)11(8-14(15,16)17)19-4-2-18-3-5-19;;/h6-7,11,18,21H,2-5,8H2,1H3;2*1H/t11-;;/m0../s1. The van der Waals surface area contributed by atoms with E-state index in [0.717, 1.165) is 6.07 Å². The predicted octanol–water partition coefficient (Wildman–Crippen LogP) is 3.05. The molecule has 1 saturated heterocycles. The first-order valence-electron chi connectivity index (χ1n) is 7.29. The van der Waals surface area contributed by atoms with Gasteiger partial charge in [-0.25, -0.2) is 0 Å². The SMILES string of the molecule is COc1cc([C@H](CC(F)(F)F)N2CCNCC2)cc([N+](=O)[O-])c1O.Cl.Cl. The molecule has 150 valence electrons. The number of phenolic OH excluding ortho intramolecular Hbond substituents is 1. The van der Waals surface area contributed by atoms with Gasteiger partial charge < -0.3 is 15.2 Å². The number of alkyl halides is 3. The molecule has 0 spiro atoms. The van der Waals surface area contributed by atoms with Gasteiger partial charge in [-0.05, 0) is 11.6 Å². The second-order valence-corrected chi connectivity index (χ2v) is 5.47. The number of aromatic hydroxyl groups is 1. The molecule has 0 aromatic heterocycles. The predicted molar refractivity (Wildman–Crippen MR) is 93.7 cm³/mol. The number of nitrogens with one attached hydrogen (secondary N) is 1. The number of nitrogens with zero attached hydrogens (tertiary/aromatic N) is 2.